The number of rotatable bonds is 6. The molecule has 0 unspecified atom stereocenters. The second-order valence-corrected chi connectivity index (χ2v) is 5.56. The average molecular weight is 347 g/mol. The van der Waals surface area contributed by atoms with Crippen LogP contribution in [0.4, 0.5) is 0 Å². The third-order valence-electron chi connectivity index (χ3n) is 3.63. The van der Waals surface area contributed by atoms with E-state index in [-0.39, 0.29) is 0 Å². The molecule has 2 aromatic carbocycles. The summed E-state index contributed by atoms with van der Waals surface area (Å²) < 4.78 is 11.7. The number of aromatic nitrogens is 2. The molecular weight excluding hydrogens is 330 g/mol. The monoisotopic (exact) mass is 346 g/mol. The zero-order valence-corrected chi connectivity index (χ0v) is 13.8. The largest absolute Gasteiger partial charge is 0.497 e. The van der Waals surface area contributed by atoms with Gasteiger partial charge in [-0.2, -0.15) is 0 Å². The highest BCUT2D eigenvalue weighted by Crippen LogP contribution is 2.14. The topological polar surface area (TPSA) is 71.1 Å². The molecule has 2 N–H and O–H groups in total. The van der Waals surface area contributed by atoms with E-state index in [1.54, 1.807) is 11.8 Å². The van der Waals surface area contributed by atoms with Crippen molar-refractivity contribution in [3.63, 3.8) is 0 Å². The normalized spacial score (nSPS) is 10.8. The molecule has 0 saturated carbocycles. The molecule has 1 aromatic heterocycles. The quantitative estimate of drug-likeness (QED) is 0.671. The Kier molecular flexibility index (Phi) is 4.98. The summed E-state index contributed by atoms with van der Waals surface area (Å²) in [6.45, 7) is 0.885. The lowest BCUT2D eigenvalue weighted by Gasteiger charge is -2.04. The fraction of sp³-hybridized carbons (Fsp3) is 0.176. The predicted octanol–water partition coefficient (Wildman–Crippen LogP) is 2.20. The number of aromatic amines is 1. The first kappa shape index (κ1) is 16.3. The van der Waals surface area contributed by atoms with E-state index in [2.05, 4.69) is 10.6 Å². The molecule has 0 saturated heterocycles. The Morgan fingerprint density at radius 1 is 1.17 bits per heavy atom. The number of methoxy groups -OCH3 is 1. The number of H-pyrrole nitrogens is 1. The molecule has 124 valence electrons. The van der Waals surface area contributed by atoms with Crippen LogP contribution < -0.4 is 20.4 Å². The Bertz CT molecular complexity index is 871. The maximum absolute atomic E-state index is 11.9. The van der Waals surface area contributed by atoms with Crippen LogP contribution in [0.25, 0.3) is 5.69 Å². The van der Waals surface area contributed by atoms with Crippen molar-refractivity contribution in [3.8, 4) is 11.4 Å². The van der Waals surface area contributed by atoms with Gasteiger partial charge in [0.15, 0.2) is 0 Å². The van der Waals surface area contributed by atoms with Crippen molar-refractivity contribution in [1.82, 2.24) is 10.6 Å². The molecule has 0 fully saturated rings. The van der Waals surface area contributed by atoms with Gasteiger partial charge in [0.2, 0.25) is 5.69 Å². The fourth-order valence-corrected chi connectivity index (χ4v) is 2.54. The molecule has 0 bridgehead atoms. The van der Waals surface area contributed by atoms with Crippen molar-refractivity contribution in [2.45, 2.75) is 13.1 Å². The van der Waals surface area contributed by atoms with E-state index in [9.17, 15) is 4.79 Å². The summed E-state index contributed by atoms with van der Waals surface area (Å²) in [7, 11) is 1.60. The predicted molar refractivity (Wildman–Crippen MR) is 89.4 cm³/mol. The zero-order chi connectivity index (χ0) is 16.9. The minimum Gasteiger partial charge on any atom is -0.497 e. The third kappa shape index (κ3) is 3.50. The minimum absolute atomic E-state index is 0.336. The average Bonchev–Trinajstić information content (AvgIpc) is 2.97. The van der Waals surface area contributed by atoms with Crippen LogP contribution in [0, 0.1) is 0 Å². The summed E-state index contributed by atoms with van der Waals surface area (Å²) in [5.41, 5.74) is 1.79. The summed E-state index contributed by atoms with van der Waals surface area (Å²) in [5.74, 6) is 0.739. The van der Waals surface area contributed by atoms with Crippen LogP contribution in [-0.4, -0.2) is 12.4 Å². The Morgan fingerprint density at radius 2 is 1.92 bits per heavy atom. The molecule has 0 aliphatic heterocycles. The van der Waals surface area contributed by atoms with E-state index in [4.69, 9.17) is 20.9 Å². The van der Waals surface area contributed by atoms with Crippen LogP contribution in [0.15, 0.2) is 57.8 Å². The van der Waals surface area contributed by atoms with Crippen LogP contribution in [0.3, 0.4) is 0 Å². The molecule has 1 heterocycles. The molecule has 0 aliphatic carbocycles. The van der Waals surface area contributed by atoms with Crippen molar-refractivity contribution in [2.24, 2.45) is 0 Å². The number of nitrogens with zero attached hydrogens (tertiary/aromatic N) is 1. The fourth-order valence-electron chi connectivity index (χ4n) is 2.34. The van der Waals surface area contributed by atoms with E-state index in [1.165, 1.54) is 0 Å². The maximum Gasteiger partial charge on any atom is 0.431 e. The molecule has 0 radical (unpaired) electrons. The van der Waals surface area contributed by atoms with E-state index >= 15 is 0 Å². The Hall–Kier alpha value is -2.57. The van der Waals surface area contributed by atoms with E-state index < -0.39 is 5.63 Å². The zero-order valence-electron chi connectivity index (χ0n) is 13.1. The van der Waals surface area contributed by atoms with Gasteiger partial charge in [-0.1, -0.05) is 29.8 Å². The first-order chi connectivity index (χ1) is 11.7. The summed E-state index contributed by atoms with van der Waals surface area (Å²) in [6, 6.07) is 14.9. The van der Waals surface area contributed by atoms with E-state index in [1.807, 2.05) is 48.5 Å². The van der Waals surface area contributed by atoms with Gasteiger partial charge in [-0.25, -0.2) is 4.79 Å². The lowest BCUT2D eigenvalue weighted by atomic mass is 10.2. The highest BCUT2D eigenvalue weighted by molar-refractivity contribution is 6.31. The van der Waals surface area contributed by atoms with Gasteiger partial charge in [0.05, 0.1) is 13.7 Å². The Morgan fingerprint density at radius 3 is 2.62 bits per heavy atom. The highest BCUT2D eigenvalue weighted by Gasteiger charge is 2.22. The minimum atomic E-state index is -0.419. The van der Waals surface area contributed by atoms with Crippen molar-refractivity contribution >= 4 is 11.6 Å². The molecule has 24 heavy (non-hydrogen) atoms. The van der Waals surface area contributed by atoms with Gasteiger partial charge in [0.1, 0.15) is 5.75 Å². The molecule has 3 aromatic rings. The van der Waals surface area contributed by atoms with Crippen LogP contribution in [0.2, 0.25) is 5.02 Å². The van der Waals surface area contributed by atoms with Crippen LogP contribution in [-0.2, 0) is 13.1 Å². The summed E-state index contributed by atoms with van der Waals surface area (Å²) in [5, 5.41) is 6.51. The molecule has 0 aliphatic rings. The molecular formula is C17H17ClN3O3+. The smallest absolute Gasteiger partial charge is 0.431 e. The van der Waals surface area contributed by atoms with Crippen LogP contribution >= 0.6 is 11.6 Å². The second-order valence-electron chi connectivity index (χ2n) is 5.16. The molecule has 7 heteroatoms. The number of hydrogen-bond acceptors (Lipinski definition) is 4. The number of ether oxygens (including phenoxy) is 1. The van der Waals surface area contributed by atoms with E-state index in [0.29, 0.717) is 23.8 Å². The summed E-state index contributed by atoms with van der Waals surface area (Å²) >= 11 is 6.13. The number of nitrogens with one attached hydrogen (secondary N) is 2. The first-order valence-corrected chi connectivity index (χ1v) is 7.78. The lowest BCUT2D eigenvalue weighted by Crippen LogP contribution is -2.40. The molecule has 3 rings (SSSR count). The molecule has 0 spiro atoms. The van der Waals surface area contributed by atoms with Crippen LogP contribution in [0.1, 0.15) is 11.3 Å². The lowest BCUT2D eigenvalue weighted by molar-refractivity contribution is -0.677. The maximum atomic E-state index is 11.9. The van der Waals surface area contributed by atoms with Gasteiger partial charge in [0, 0.05) is 23.7 Å². The van der Waals surface area contributed by atoms with Gasteiger partial charge in [0.25, 0.3) is 0 Å². The molecule has 0 amide bonds. The van der Waals surface area contributed by atoms with Gasteiger partial charge >= 0.3 is 11.3 Å². The number of benzene rings is 2. The molecule has 0 atom stereocenters. The van der Waals surface area contributed by atoms with E-state index in [0.717, 1.165) is 17.0 Å². The standard InChI is InChI=1S/C17H16ClN3O3/c1-23-14-8-6-13(7-9-14)21-16(17(22)24-20-21)11-19-10-12-4-2-3-5-15(12)18/h2-9,19H,10-11H2,1H3/p+1. The van der Waals surface area contributed by atoms with Crippen molar-refractivity contribution in [1.29, 1.82) is 0 Å². The Balaban J connectivity index is 1.75. The molecule has 6 nitrogen and oxygen atoms in total. The SMILES string of the molecule is COc1ccc(-[n+]2[nH]oc(=O)c2CNCc2ccccc2Cl)cc1. The van der Waals surface area contributed by atoms with Gasteiger partial charge in [-0.3, -0.25) is 4.52 Å². The summed E-state index contributed by atoms with van der Waals surface area (Å²) in [6.07, 6.45) is 0. The van der Waals surface area contributed by atoms with Gasteiger partial charge in [-0.05, 0) is 33.7 Å². The second kappa shape index (κ2) is 7.33. The van der Waals surface area contributed by atoms with Gasteiger partial charge in [-0.15, -0.1) is 0 Å². The summed E-state index contributed by atoms with van der Waals surface area (Å²) in [4.78, 5) is 11.9. The highest BCUT2D eigenvalue weighted by atomic mass is 35.5. The third-order valence-corrected chi connectivity index (χ3v) is 4.00. The first-order valence-electron chi connectivity index (χ1n) is 7.40. The Labute approximate surface area is 143 Å². The number of hydrogen-bond donors (Lipinski definition) is 2. The van der Waals surface area contributed by atoms with Crippen molar-refractivity contribution in [3.05, 3.63) is 75.2 Å². The van der Waals surface area contributed by atoms with Crippen molar-refractivity contribution < 1.29 is 13.9 Å². The van der Waals surface area contributed by atoms with Gasteiger partial charge < -0.3 is 10.1 Å². The van der Waals surface area contributed by atoms with Crippen LogP contribution in [0.5, 0.6) is 5.75 Å². The number of halogens is 1. The van der Waals surface area contributed by atoms with Crippen molar-refractivity contribution in [2.75, 3.05) is 7.11 Å².